The number of hydrogen-bond donors (Lipinski definition) is 1. The highest BCUT2D eigenvalue weighted by Crippen LogP contribution is 2.13. The summed E-state index contributed by atoms with van der Waals surface area (Å²) in [6.45, 7) is 2.71. The quantitative estimate of drug-likeness (QED) is 0.837. The summed E-state index contributed by atoms with van der Waals surface area (Å²) in [5.41, 5.74) is 3.07. The lowest BCUT2D eigenvalue weighted by molar-refractivity contribution is -0.131. The van der Waals surface area contributed by atoms with Gasteiger partial charge in [0.2, 0.25) is 0 Å². The van der Waals surface area contributed by atoms with Crippen LogP contribution in [0.1, 0.15) is 16.8 Å². The molecule has 4 nitrogen and oxygen atoms in total. The second kappa shape index (κ2) is 5.31. The number of carboxylic acids is 1. The van der Waals surface area contributed by atoms with Crippen molar-refractivity contribution in [3.8, 4) is 0 Å². The Morgan fingerprint density at radius 1 is 1.50 bits per heavy atom. The van der Waals surface area contributed by atoms with E-state index in [0.717, 1.165) is 29.4 Å². The van der Waals surface area contributed by atoms with Gasteiger partial charge < -0.3 is 9.67 Å². The summed E-state index contributed by atoms with van der Waals surface area (Å²) >= 11 is 0. The van der Waals surface area contributed by atoms with Crippen LogP contribution in [0.3, 0.4) is 0 Å². The Morgan fingerprint density at radius 3 is 3.00 bits per heavy atom. The summed E-state index contributed by atoms with van der Waals surface area (Å²) in [6.07, 6.45) is 8.28. The molecule has 0 aliphatic rings. The Balaban J connectivity index is 2.18. The van der Waals surface area contributed by atoms with Crippen molar-refractivity contribution in [2.75, 3.05) is 0 Å². The third kappa shape index (κ3) is 2.85. The zero-order valence-corrected chi connectivity index (χ0v) is 10.1. The lowest BCUT2D eigenvalue weighted by Gasteiger charge is -2.06. The van der Waals surface area contributed by atoms with E-state index in [4.69, 9.17) is 5.11 Å². The van der Waals surface area contributed by atoms with Crippen molar-refractivity contribution in [3.63, 3.8) is 0 Å². The summed E-state index contributed by atoms with van der Waals surface area (Å²) in [4.78, 5) is 14.6. The fraction of sp³-hybridized carbons (Fsp3) is 0.143. The Labute approximate surface area is 105 Å². The van der Waals surface area contributed by atoms with Crippen LogP contribution in [0.15, 0.2) is 42.9 Å². The molecule has 0 saturated carbocycles. The molecule has 0 aliphatic heterocycles. The maximum absolute atomic E-state index is 10.5. The number of rotatable bonds is 4. The Bertz CT molecular complexity index is 571. The molecular weight excluding hydrogens is 228 g/mol. The second-order valence-electron chi connectivity index (χ2n) is 4.02. The van der Waals surface area contributed by atoms with Gasteiger partial charge in [0.1, 0.15) is 0 Å². The van der Waals surface area contributed by atoms with Gasteiger partial charge in [-0.2, -0.15) is 0 Å². The van der Waals surface area contributed by atoms with Gasteiger partial charge in [-0.05, 0) is 36.3 Å². The largest absolute Gasteiger partial charge is 0.478 e. The van der Waals surface area contributed by atoms with Crippen LogP contribution >= 0.6 is 0 Å². The van der Waals surface area contributed by atoms with Gasteiger partial charge in [-0.25, -0.2) is 4.79 Å². The molecule has 0 radical (unpaired) electrons. The van der Waals surface area contributed by atoms with Crippen molar-refractivity contribution in [1.29, 1.82) is 0 Å². The maximum atomic E-state index is 10.5. The van der Waals surface area contributed by atoms with Gasteiger partial charge in [-0.15, -0.1) is 0 Å². The van der Waals surface area contributed by atoms with Crippen LogP contribution in [0.5, 0.6) is 0 Å². The molecule has 4 heteroatoms. The van der Waals surface area contributed by atoms with Gasteiger partial charge in [-0.1, -0.05) is 6.07 Å². The predicted molar refractivity (Wildman–Crippen MR) is 69.2 cm³/mol. The highest BCUT2D eigenvalue weighted by atomic mass is 16.4. The van der Waals surface area contributed by atoms with E-state index in [9.17, 15) is 4.79 Å². The van der Waals surface area contributed by atoms with Gasteiger partial charge in [0, 0.05) is 36.9 Å². The highest BCUT2D eigenvalue weighted by Gasteiger charge is 2.03. The van der Waals surface area contributed by atoms with Crippen LogP contribution in [0, 0.1) is 6.92 Å². The zero-order chi connectivity index (χ0) is 13.0. The molecule has 0 spiro atoms. The molecule has 0 atom stereocenters. The van der Waals surface area contributed by atoms with Crippen molar-refractivity contribution in [3.05, 3.63) is 59.7 Å². The van der Waals surface area contributed by atoms with Crippen LogP contribution in [-0.2, 0) is 11.3 Å². The molecule has 2 heterocycles. The molecule has 1 N–H and O–H groups in total. The van der Waals surface area contributed by atoms with Crippen LogP contribution in [0.25, 0.3) is 6.08 Å². The number of hydrogen-bond acceptors (Lipinski definition) is 2. The summed E-state index contributed by atoms with van der Waals surface area (Å²) in [5, 5.41) is 8.61. The van der Waals surface area contributed by atoms with E-state index >= 15 is 0 Å². The minimum atomic E-state index is -0.936. The van der Waals surface area contributed by atoms with Crippen LogP contribution < -0.4 is 0 Å². The molecule has 0 aromatic carbocycles. The number of nitrogens with zero attached hydrogens (tertiary/aromatic N) is 2. The molecule has 2 aromatic heterocycles. The Kier molecular flexibility index (Phi) is 3.57. The monoisotopic (exact) mass is 242 g/mol. The van der Waals surface area contributed by atoms with E-state index in [1.54, 1.807) is 12.3 Å². The van der Waals surface area contributed by atoms with E-state index < -0.39 is 5.97 Å². The van der Waals surface area contributed by atoms with E-state index in [-0.39, 0.29) is 0 Å². The standard InChI is InChI=1S/C14H14N2O2/c1-11-13(4-5-14(17)18)6-8-16(11)10-12-3-2-7-15-9-12/h2-9H,10H2,1H3,(H,17,18)/b5-4+. The smallest absolute Gasteiger partial charge is 0.328 e. The minimum absolute atomic E-state index is 0.737. The minimum Gasteiger partial charge on any atom is -0.478 e. The van der Waals surface area contributed by atoms with E-state index in [2.05, 4.69) is 9.55 Å². The lowest BCUT2D eigenvalue weighted by atomic mass is 10.2. The van der Waals surface area contributed by atoms with E-state index in [1.807, 2.05) is 37.5 Å². The Hall–Kier alpha value is -2.36. The summed E-state index contributed by atoms with van der Waals surface area (Å²) in [7, 11) is 0. The van der Waals surface area contributed by atoms with Crippen molar-refractivity contribution in [1.82, 2.24) is 9.55 Å². The van der Waals surface area contributed by atoms with Gasteiger partial charge in [0.25, 0.3) is 0 Å². The van der Waals surface area contributed by atoms with Crippen molar-refractivity contribution in [2.45, 2.75) is 13.5 Å². The van der Waals surface area contributed by atoms with Crippen LogP contribution in [0.2, 0.25) is 0 Å². The Morgan fingerprint density at radius 2 is 2.33 bits per heavy atom. The van der Waals surface area contributed by atoms with Gasteiger partial charge in [-0.3, -0.25) is 4.98 Å². The first-order valence-electron chi connectivity index (χ1n) is 5.62. The van der Waals surface area contributed by atoms with Crippen molar-refractivity contribution in [2.24, 2.45) is 0 Å². The summed E-state index contributed by atoms with van der Waals surface area (Å²) in [5.74, 6) is -0.936. The normalized spacial score (nSPS) is 10.9. The summed E-state index contributed by atoms with van der Waals surface area (Å²) < 4.78 is 2.07. The average Bonchev–Trinajstić information content (AvgIpc) is 2.70. The fourth-order valence-corrected chi connectivity index (χ4v) is 1.77. The number of pyridine rings is 1. The number of aliphatic carboxylic acids is 1. The van der Waals surface area contributed by atoms with Crippen molar-refractivity contribution < 1.29 is 9.90 Å². The molecule has 0 amide bonds. The first kappa shape index (κ1) is 12.1. The SMILES string of the molecule is Cc1c(/C=C/C(=O)O)ccn1Cc1cccnc1. The molecule has 0 saturated heterocycles. The molecule has 2 aromatic rings. The molecule has 2 rings (SSSR count). The second-order valence-corrected chi connectivity index (χ2v) is 4.02. The number of carboxylic acid groups (broad SMARTS) is 1. The number of carbonyl (C=O) groups is 1. The molecule has 0 bridgehead atoms. The number of aromatic nitrogens is 2. The van der Waals surface area contributed by atoms with Crippen molar-refractivity contribution >= 4 is 12.0 Å². The van der Waals surface area contributed by atoms with Crippen LogP contribution in [-0.4, -0.2) is 20.6 Å². The third-order valence-corrected chi connectivity index (χ3v) is 2.76. The zero-order valence-electron chi connectivity index (χ0n) is 10.1. The highest BCUT2D eigenvalue weighted by molar-refractivity contribution is 5.85. The first-order valence-corrected chi connectivity index (χ1v) is 5.62. The molecule has 92 valence electrons. The third-order valence-electron chi connectivity index (χ3n) is 2.76. The fourth-order valence-electron chi connectivity index (χ4n) is 1.77. The van der Waals surface area contributed by atoms with Gasteiger partial charge >= 0.3 is 5.97 Å². The molecular formula is C14H14N2O2. The van der Waals surface area contributed by atoms with E-state index in [1.165, 1.54) is 0 Å². The van der Waals surface area contributed by atoms with Gasteiger partial charge in [0.05, 0.1) is 0 Å². The lowest BCUT2D eigenvalue weighted by Crippen LogP contribution is -2.00. The summed E-state index contributed by atoms with van der Waals surface area (Å²) in [6, 6.07) is 5.82. The first-order chi connectivity index (χ1) is 8.66. The molecule has 0 unspecified atom stereocenters. The average molecular weight is 242 g/mol. The molecule has 0 aliphatic carbocycles. The topological polar surface area (TPSA) is 55.1 Å². The molecule has 18 heavy (non-hydrogen) atoms. The predicted octanol–water partition coefficient (Wildman–Crippen LogP) is 2.34. The van der Waals surface area contributed by atoms with Crippen LogP contribution in [0.4, 0.5) is 0 Å². The van der Waals surface area contributed by atoms with Gasteiger partial charge in [0.15, 0.2) is 0 Å². The van der Waals surface area contributed by atoms with E-state index in [0.29, 0.717) is 0 Å². The maximum Gasteiger partial charge on any atom is 0.328 e. The molecule has 0 fully saturated rings.